The summed E-state index contributed by atoms with van der Waals surface area (Å²) >= 11 is 0. The zero-order chi connectivity index (χ0) is 10.8. The monoisotopic (exact) mass is 218 g/mol. The number of fused-ring (bicyclic) bond motifs is 1. The fourth-order valence-corrected chi connectivity index (χ4v) is 2.64. The molecule has 4 heteroatoms. The lowest BCUT2D eigenvalue weighted by Gasteiger charge is -2.21. The third kappa shape index (κ3) is 1.95. The second-order valence-electron chi connectivity index (χ2n) is 4.66. The summed E-state index contributed by atoms with van der Waals surface area (Å²) in [5, 5.41) is 3.36. The number of likely N-dealkylation sites (tertiary alicyclic amines) is 1. The van der Waals surface area contributed by atoms with Crippen LogP contribution in [0.1, 0.15) is 29.8 Å². The molecule has 0 amide bonds. The Morgan fingerprint density at radius 2 is 2.12 bits per heavy atom. The van der Waals surface area contributed by atoms with Gasteiger partial charge in [-0.05, 0) is 44.5 Å². The van der Waals surface area contributed by atoms with Gasteiger partial charge in [-0.3, -0.25) is 4.90 Å². The lowest BCUT2D eigenvalue weighted by Crippen LogP contribution is -2.28. The molecule has 0 radical (unpaired) electrons. The molecule has 0 saturated carbocycles. The summed E-state index contributed by atoms with van der Waals surface area (Å²) in [6.45, 7) is 5.46. The van der Waals surface area contributed by atoms with Crippen LogP contribution in [0.15, 0.2) is 6.33 Å². The van der Waals surface area contributed by atoms with Crippen LogP contribution < -0.4 is 5.32 Å². The van der Waals surface area contributed by atoms with Crippen LogP contribution in [-0.4, -0.2) is 34.5 Å². The van der Waals surface area contributed by atoms with E-state index in [1.807, 2.05) is 0 Å². The number of hydrogen-bond acceptors (Lipinski definition) is 4. The van der Waals surface area contributed by atoms with Gasteiger partial charge in [-0.2, -0.15) is 0 Å². The minimum Gasteiger partial charge on any atom is -0.311 e. The molecular formula is C12H18N4. The van der Waals surface area contributed by atoms with Crippen molar-refractivity contribution in [3.63, 3.8) is 0 Å². The Labute approximate surface area is 96.1 Å². The molecule has 1 saturated heterocycles. The molecule has 1 N–H and O–H groups in total. The van der Waals surface area contributed by atoms with Crippen molar-refractivity contribution < 1.29 is 0 Å². The van der Waals surface area contributed by atoms with E-state index < -0.39 is 0 Å². The molecule has 0 bridgehead atoms. The molecule has 1 aromatic rings. The maximum absolute atomic E-state index is 4.47. The first-order valence-corrected chi connectivity index (χ1v) is 6.18. The minimum absolute atomic E-state index is 0.908. The van der Waals surface area contributed by atoms with Gasteiger partial charge in [0.25, 0.3) is 0 Å². The van der Waals surface area contributed by atoms with Gasteiger partial charge in [0.15, 0.2) is 0 Å². The number of nitrogens with one attached hydrogen (secondary N) is 1. The normalized spacial score (nSPS) is 21.0. The van der Waals surface area contributed by atoms with E-state index >= 15 is 0 Å². The maximum Gasteiger partial charge on any atom is 0.116 e. The number of hydrogen-bond donors (Lipinski definition) is 1. The number of nitrogens with zero attached hydrogens (tertiary/aromatic N) is 3. The SMILES string of the molecule is c1nc2c(c(CN3CCCC3)n1)CCNC2. The molecule has 16 heavy (non-hydrogen) atoms. The van der Waals surface area contributed by atoms with Crippen LogP contribution in [0.2, 0.25) is 0 Å². The molecule has 86 valence electrons. The Balaban J connectivity index is 1.82. The fourth-order valence-electron chi connectivity index (χ4n) is 2.64. The van der Waals surface area contributed by atoms with E-state index in [9.17, 15) is 0 Å². The standard InChI is InChI=1S/C12H18N4/c1-2-6-16(5-1)8-12-10-3-4-13-7-11(10)14-9-15-12/h9,13H,1-8H2. The first kappa shape index (κ1) is 10.2. The number of aromatic nitrogens is 2. The average molecular weight is 218 g/mol. The highest BCUT2D eigenvalue weighted by Crippen LogP contribution is 2.18. The lowest BCUT2D eigenvalue weighted by atomic mass is 10.0. The van der Waals surface area contributed by atoms with E-state index in [4.69, 9.17) is 0 Å². The van der Waals surface area contributed by atoms with Crippen molar-refractivity contribution >= 4 is 0 Å². The summed E-state index contributed by atoms with van der Waals surface area (Å²) in [6.07, 6.45) is 5.49. The van der Waals surface area contributed by atoms with Gasteiger partial charge in [-0.25, -0.2) is 9.97 Å². The molecule has 0 aromatic carbocycles. The highest BCUT2D eigenvalue weighted by molar-refractivity contribution is 5.27. The van der Waals surface area contributed by atoms with Crippen LogP contribution in [0.3, 0.4) is 0 Å². The van der Waals surface area contributed by atoms with E-state index in [2.05, 4.69) is 20.2 Å². The molecule has 2 aliphatic heterocycles. The van der Waals surface area contributed by atoms with Crippen molar-refractivity contribution in [2.24, 2.45) is 0 Å². The van der Waals surface area contributed by atoms with E-state index in [1.54, 1.807) is 6.33 Å². The predicted octanol–water partition coefficient (Wildman–Crippen LogP) is 0.718. The Morgan fingerprint density at radius 1 is 1.25 bits per heavy atom. The number of rotatable bonds is 2. The summed E-state index contributed by atoms with van der Waals surface area (Å²) in [7, 11) is 0. The third-order valence-electron chi connectivity index (χ3n) is 3.54. The Kier molecular flexibility index (Phi) is 2.84. The Hall–Kier alpha value is -1.00. The van der Waals surface area contributed by atoms with Gasteiger partial charge in [0.05, 0.1) is 11.4 Å². The molecule has 3 rings (SSSR count). The van der Waals surface area contributed by atoms with Crippen LogP contribution in [0.5, 0.6) is 0 Å². The molecule has 0 atom stereocenters. The minimum atomic E-state index is 0.908. The van der Waals surface area contributed by atoms with Crippen molar-refractivity contribution in [2.75, 3.05) is 19.6 Å². The predicted molar refractivity (Wildman–Crippen MR) is 62.0 cm³/mol. The third-order valence-corrected chi connectivity index (χ3v) is 3.54. The highest BCUT2D eigenvalue weighted by atomic mass is 15.1. The molecule has 3 heterocycles. The van der Waals surface area contributed by atoms with Gasteiger partial charge in [0.2, 0.25) is 0 Å². The molecule has 0 aliphatic carbocycles. The van der Waals surface area contributed by atoms with Crippen LogP contribution in [0.25, 0.3) is 0 Å². The van der Waals surface area contributed by atoms with E-state index in [1.165, 1.54) is 42.9 Å². The second-order valence-corrected chi connectivity index (χ2v) is 4.66. The topological polar surface area (TPSA) is 41.1 Å². The van der Waals surface area contributed by atoms with Gasteiger partial charge < -0.3 is 5.32 Å². The zero-order valence-electron chi connectivity index (χ0n) is 9.58. The van der Waals surface area contributed by atoms with Crippen molar-refractivity contribution in [3.8, 4) is 0 Å². The molecule has 1 fully saturated rings. The van der Waals surface area contributed by atoms with Gasteiger partial charge in [0.1, 0.15) is 6.33 Å². The maximum atomic E-state index is 4.47. The summed E-state index contributed by atoms with van der Waals surface area (Å²) in [4.78, 5) is 11.3. The van der Waals surface area contributed by atoms with Crippen LogP contribution in [-0.2, 0) is 19.5 Å². The first-order valence-electron chi connectivity index (χ1n) is 6.18. The van der Waals surface area contributed by atoms with Crippen molar-refractivity contribution in [2.45, 2.75) is 32.4 Å². The molecule has 4 nitrogen and oxygen atoms in total. The van der Waals surface area contributed by atoms with E-state index in [0.717, 1.165) is 26.1 Å². The summed E-state index contributed by atoms with van der Waals surface area (Å²) in [5.74, 6) is 0. The van der Waals surface area contributed by atoms with Crippen LogP contribution in [0, 0.1) is 0 Å². The second kappa shape index (κ2) is 4.47. The van der Waals surface area contributed by atoms with Crippen molar-refractivity contribution in [1.29, 1.82) is 0 Å². The fraction of sp³-hybridized carbons (Fsp3) is 0.667. The molecular weight excluding hydrogens is 200 g/mol. The lowest BCUT2D eigenvalue weighted by molar-refractivity contribution is 0.324. The zero-order valence-corrected chi connectivity index (χ0v) is 9.58. The largest absolute Gasteiger partial charge is 0.311 e. The van der Waals surface area contributed by atoms with Crippen LogP contribution >= 0.6 is 0 Å². The van der Waals surface area contributed by atoms with Gasteiger partial charge >= 0.3 is 0 Å². The van der Waals surface area contributed by atoms with Crippen molar-refractivity contribution in [3.05, 3.63) is 23.3 Å². The summed E-state index contributed by atoms with van der Waals surface area (Å²) in [6, 6.07) is 0. The average Bonchev–Trinajstić information content (AvgIpc) is 2.82. The van der Waals surface area contributed by atoms with Gasteiger partial charge in [-0.1, -0.05) is 0 Å². The smallest absolute Gasteiger partial charge is 0.116 e. The summed E-state index contributed by atoms with van der Waals surface area (Å²) in [5.41, 5.74) is 3.86. The molecule has 0 spiro atoms. The summed E-state index contributed by atoms with van der Waals surface area (Å²) < 4.78 is 0. The first-order chi connectivity index (χ1) is 7.93. The Morgan fingerprint density at radius 3 is 3.00 bits per heavy atom. The molecule has 1 aromatic heterocycles. The van der Waals surface area contributed by atoms with Crippen molar-refractivity contribution in [1.82, 2.24) is 20.2 Å². The molecule has 2 aliphatic rings. The quantitative estimate of drug-likeness (QED) is 0.794. The molecule has 0 unspecified atom stereocenters. The van der Waals surface area contributed by atoms with E-state index in [-0.39, 0.29) is 0 Å². The Bertz CT molecular complexity index is 371. The van der Waals surface area contributed by atoms with E-state index in [0.29, 0.717) is 0 Å². The highest BCUT2D eigenvalue weighted by Gasteiger charge is 2.18. The van der Waals surface area contributed by atoms with Gasteiger partial charge in [-0.15, -0.1) is 0 Å². The van der Waals surface area contributed by atoms with Gasteiger partial charge in [0, 0.05) is 13.1 Å². The van der Waals surface area contributed by atoms with Crippen LogP contribution in [0.4, 0.5) is 0 Å².